The number of nitrogens with one attached hydrogen (secondary N) is 1. The number of hydrogen-bond acceptors (Lipinski definition) is 2. The molecule has 0 bridgehead atoms. The minimum atomic E-state index is 0.646. The van der Waals surface area contributed by atoms with Crippen molar-refractivity contribution >= 4 is 11.8 Å². The van der Waals surface area contributed by atoms with E-state index in [4.69, 9.17) is 0 Å². The van der Waals surface area contributed by atoms with Crippen LogP contribution in [0.3, 0.4) is 0 Å². The summed E-state index contributed by atoms with van der Waals surface area (Å²) in [7, 11) is 0. The molecule has 1 unspecified atom stereocenters. The molecule has 108 valence electrons. The van der Waals surface area contributed by atoms with Crippen LogP contribution in [0.2, 0.25) is 0 Å². The third kappa shape index (κ3) is 7.64. The molecule has 0 spiro atoms. The Bertz CT molecular complexity index is 349. The van der Waals surface area contributed by atoms with Crippen molar-refractivity contribution in [1.29, 1.82) is 0 Å². The molecule has 1 rings (SSSR count). The van der Waals surface area contributed by atoms with Crippen molar-refractivity contribution in [3.63, 3.8) is 0 Å². The molecule has 0 aliphatic rings. The summed E-state index contributed by atoms with van der Waals surface area (Å²) in [6, 6.07) is 9.46. The van der Waals surface area contributed by atoms with E-state index in [0.29, 0.717) is 6.04 Å². The maximum atomic E-state index is 3.69. The molecule has 0 aliphatic heterocycles. The first-order valence-corrected chi connectivity index (χ1v) is 8.53. The highest BCUT2D eigenvalue weighted by atomic mass is 32.2. The molecule has 0 saturated carbocycles. The second-order valence-corrected chi connectivity index (χ2v) is 6.84. The van der Waals surface area contributed by atoms with Gasteiger partial charge >= 0.3 is 0 Å². The lowest BCUT2D eigenvalue weighted by Crippen LogP contribution is -2.32. The van der Waals surface area contributed by atoms with Crippen LogP contribution in [-0.2, 0) is 0 Å². The van der Waals surface area contributed by atoms with E-state index in [1.54, 1.807) is 0 Å². The van der Waals surface area contributed by atoms with Gasteiger partial charge < -0.3 is 5.32 Å². The van der Waals surface area contributed by atoms with Gasteiger partial charge in [-0.2, -0.15) is 0 Å². The van der Waals surface area contributed by atoms with E-state index < -0.39 is 0 Å². The fourth-order valence-electron chi connectivity index (χ4n) is 2.03. The predicted octanol–water partition coefficient (Wildman–Crippen LogP) is 4.89. The molecule has 1 aromatic rings. The van der Waals surface area contributed by atoms with Crippen LogP contribution in [0, 0.1) is 12.8 Å². The summed E-state index contributed by atoms with van der Waals surface area (Å²) in [5.74, 6) is 1.98. The fraction of sp³-hybridized carbons (Fsp3) is 0.647. The minimum absolute atomic E-state index is 0.646. The van der Waals surface area contributed by atoms with Crippen molar-refractivity contribution in [2.75, 3.05) is 12.3 Å². The van der Waals surface area contributed by atoms with Crippen molar-refractivity contribution in [3.8, 4) is 0 Å². The lowest BCUT2D eigenvalue weighted by atomic mass is 10.0. The molecular formula is C17H29NS. The molecule has 0 heterocycles. The van der Waals surface area contributed by atoms with Gasteiger partial charge in [-0.15, -0.1) is 11.8 Å². The summed E-state index contributed by atoms with van der Waals surface area (Å²) in [4.78, 5) is 1.40. The van der Waals surface area contributed by atoms with Crippen molar-refractivity contribution < 1.29 is 0 Å². The summed E-state index contributed by atoms with van der Waals surface area (Å²) >= 11 is 1.98. The first-order valence-electron chi connectivity index (χ1n) is 7.54. The highest BCUT2D eigenvalue weighted by molar-refractivity contribution is 7.99. The van der Waals surface area contributed by atoms with Gasteiger partial charge in [-0.05, 0) is 50.8 Å². The first kappa shape index (κ1) is 16.6. The molecule has 1 atom stereocenters. The van der Waals surface area contributed by atoms with Gasteiger partial charge in [-0.3, -0.25) is 0 Å². The summed E-state index contributed by atoms with van der Waals surface area (Å²) in [6.45, 7) is 10.2. The molecule has 1 N–H and O–H groups in total. The van der Waals surface area contributed by atoms with Gasteiger partial charge in [0.15, 0.2) is 0 Å². The zero-order chi connectivity index (χ0) is 14.1. The minimum Gasteiger partial charge on any atom is -0.313 e. The van der Waals surface area contributed by atoms with Crippen molar-refractivity contribution in [1.82, 2.24) is 5.32 Å². The van der Waals surface area contributed by atoms with Crippen LogP contribution >= 0.6 is 11.8 Å². The third-order valence-corrected chi connectivity index (χ3v) is 4.37. The van der Waals surface area contributed by atoms with Gasteiger partial charge in [0.2, 0.25) is 0 Å². The maximum Gasteiger partial charge on any atom is 0.0161 e. The Labute approximate surface area is 123 Å². The van der Waals surface area contributed by atoms with Crippen LogP contribution in [0.25, 0.3) is 0 Å². The zero-order valence-electron chi connectivity index (χ0n) is 12.9. The van der Waals surface area contributed by atoms with Crippen molar-refractivity contribution in [3.05, 3.63) is 29.8 Å². The average Bonchev–Trinajstić information content (AvgIpc) is 2.37. The Balaban J connectivity index is 2.42. The Kier molecular flexibility index (Phi) is 8.24. The predicted molar refractivity (Wildman–Crippen MR) is 88.1 cm³/mol. The standard InChI is InChI=1S/C17H29NS/c1-5-11-18-16(10-9-14(2)3)13-19-17-8-6-7-15(4)12-17/h6-8,12,14,16,18H,5,9-11,13H2,1-4H3. The van der Waals surface area contributed by atoms with Gasteiger partial charge in [0, 0.05) is 16.7 Å². The van der Waals surface area contributed by atoms with E-state index in [2.05, 4.69) is 57.3 Å². The molecule has 0 amide bonds. The van der Waals surface area contributed by atoms with Gasteiger partial charge in [0.1, 0.15) is 0 Å². The number of aryl methyl sites for hydroxylation is 1. The SMILES string of the molecule is CCCNC(CCC(C)C)CSc1cccc(C)c1. The lowest BCUT2D eigenvalue weighted by Gasteiger charge is -2.19. The number of hydrogen-bond donors (Lipinski definition) is 1. The van der Waals surface area contributed by atoms with E-state index >= 15 is 0 Å². The van der Waals surface area contributed by atoms with E-state index in [1.165, 1.54) is 35.5 Å². The smallest absolute Gasteiger partial charge is 0.0161 e. The van der Waals surface area contributed by atoms with Crippen molar-refractivity contribution in [2.24, 2.45) is 5.92 Å². The lowest BCUT2D eigenvalue weighted by molar-refractivity contribution is 0.456. The molecule has 0 aromatic heterocycles. The fourth-order valence-corrected chi connectivity index (χ4v) is 3.15. The largest absolute Gasteiger partial charge is 0.313 e. The monoisotopic (exact) mass is 279 g/mol. The maximum absolute atomic E-state index is 3.69. The average molecular weight is 279 g/mol. The molecule has 0 radical (unpaired) electrons. The van der Waals surface area contributed by atoms with Crippen LogP contribution in [0.1, 0.15) is 45.6 Å². The zero-order valence-corrected chi connectivity index (χ0v) is 13.7. The van der Waals surface area contributed by atoms with Crippen LogP contribution in [0.5, 0.6) is 0 Å². The van der Waals surface area contributed by atoms with E-state index in [1.807, 2.05) is 11.8 Å². The Morgan fingerprint density at radius 2 is 2.00 bits per heavy atom. The van der Waals surface area contributed by atoms with Crippen LogP contribution in [0.4, 0.5) is 0 Å². The molecule has 0 fully saturated rings. The summed E-state index contributed by atoms with van der Waals surface area (Å²) in [5.41, 5.74) is 1.35. The first-order chi connectivity index (χ1) is 9.11. The summed E-state index contributed by atoms with van der Waals surface area (Å²) < 4.78 is 0. The Morgan fingerprint density at radius 3 is 2.63 bits per heavy atom. The molecular weight excluding hydrogens is 250 g/mol. The molecule has 0 aliphatic carbocycles. The van der Waals surface area contributed by atoms with E-state index in [9.17, 15) is 0 Å². The van der Waals surface area contributed by atoms with Crippen LogP contribution in [0.15, 0.2) is 29.2 Å². The quantitative estimate of drug-likeness (QED) is 0.646. The molecule has 0 saturated heterocycles. The number of benzene rings is 1. The highest BCUT2D eigenvalue weighted by Crippen LogP contribution is 2.21. The summed E-state index contributed by atoms with van der Waals surface area (Å²) in [5, 5.41) is 3.69. The molecule has 1 nitrogen and oxygen atoms in total. The van der Waals surface area contributed by atoms with E-state index in [0.717, 1.165) is 12.5 Å². The topological polar surface area (TPSA) is 12.0 Å². The van der Waals surface area contributed by atoms with Crippen molar-refractivity contribution in [2.45, 2.75) is 57.9 Å². The van der Waals surface area contributed by atoms with Gasteiger partial charge in [-0.1, -0.05) is 38.5 Å². The highest BCUT2D eigenvalue weighted by Gasteiger charge is 2.09. The normalized spacial score (nSPS) is 12.9. The Hall–Kier alpha value is -0.470. The second kappa shape index (κ2) is 9.44. The molecule has 1 aromatic carbocycles. The molecule has 19 heavy (non-hydrogen) atoms. The second-order valence-electron chi connectivity index (χ2n) is 5.75. The van der Waals surface area contributed by atoms with Crippen LogP contribution < -0.4 is 5.32 Å². The summed E-state index contributed by atoms with van der Waals surface area (Å²) in [6.07, 6.45) is 3.82. The van der Waals surface area contributed by atoms with E-state index in [-0.39, 0.29) is 0 Å². The van der Waals surface area contributed by atoms with Gasteiger partial charge in [0.25, 0.3) is 0 Å². The van der Waals surface area contributed by atoms with Gasteiger partial charge in [-0.25, -0.2) is 0 Å². The number of rotatable bonds is 9. The molecule has 2 heteroatoms. The van der Waals surface area contributed by atoms with Crippen LogP contribution in [-0.4, -0.2) is 18.3 Å². The number of thioether (sulfide) groups is 1. The van der Waals surface area contributed by atoms with Gasteiger partial charge in [0.05, 0.1) is 0 Å². The Morgan fingerprint density at radius 1 is 1.21 bits per heavy atom. The third-order valence-electron chi connectivity index (χ3n) is 3.22.